The number of epoxide rings is 1. The molecule has 2 saturated heterocycles. The summed E-state index contributed by atoms with van der Waals surface area (Å²) in [5.74, 6) is 2.13. The Kier molecular flexibility index (Phi) is 3.94. The van der Waals surface area contributed by atoms with E-state index in [1.54, 1.807) is 0 Å². The Balaban J connectivity index is 1.52. The van der Waals surface area contributed by atoms with Crippen LogP contribution >= 0.6 is 0 Å². The van der Waals surface area contributed by atoms with E-state index in [0.29, 0.717) is 24.5 Å². The quantitative estimate of drug-likeness (QED) is 0.635. The number of fused-ring (bicyclic) bond motifs is 3. The normalized spacial score (nSPS) is 45.2. The number of allylic oxidation sites excluding steroid dienone is 2. The zero-order valence-electron chi connectivity index (χ0n) is 14.6. The van der Waals surface area contributed by atoms with Crippen LogP contribution in [0.15, 0.2) is 23.3 Å². The molecule has 128 valence electrons. The van der Waals surface area contributed by atoms with Crippen molar-refractivity contribution in [1.29, 1.82) is 0 Å². The first-order valence-corrected chi connectivity index (χ1v) is 9.30. The monoisotopic (exact) mass is 318 g/mol. The Morgan fingerprint density at radius 3 is 2.87 bits per heavy atom. The fourth-order valence-corrected chi connectivity index (χ4v) is 5.31. The summed E-state index contributed by atoms with van der Waals surface area (Å²) >= 11 is 0. The first-order chi connectivity index (χ1) is 11.0. The summed E-state index contributed by atoms with van der Waals surface area (Å²) in [6.07, 6.45) is 10.6. The Bertz CT molecular complexity index is 533. The largest absolute Gasteiger partial charge is 0.367 e. The molecule has 3 heteroatoms. The van der Waals surface area contributed by atoms with E-state index < -0.39 is 6.29 Å². The van der Waals surface area contributed by atoms with Crippen LogP contribution in [0.1, 0.15) is 52.9 Å². The third-order valence-electron chi connectivity index (χ3n) is 6.78. The second-order valence-corrected chi connectivity index (χ2v) is 8.50. The van der Waals surface area contributed by atoms with Gasteiger partial charge in [0, 0.05) is 5.92 Å². The first-order valence-electron chi connectivity index (χ1n) is 9.30. The summed E-state index contributed by atoms with van der Waals surface area (Å²) in [6.45, 7) is 7.26. The number of aliphatic hydroxyl groups is 1. The van der Waals surface area contributed by atoms with Gasteiger partial charge in [-0.25, -0.2) is 0 Å². The van der Waals surface area contributed by atoms with Gasteiger partial charge >= 0.3 is 0 Å². The van der Waals surface area contributed by atoms with Crippen molar-refractivity contribution < 1.29 is 14.6 Å². The van der Waals surface area contributed by atoms with Gasteiger partial charge in [0.2, 0.25) is 0 Å². The van der Waals surface area contributed by atoms with E-state index >= 15 is 0 Å². The van der Waals surface area contributed by atoms with Crippen molar-refractivity contribution in [3.63, 3.8) is 0 Å². The fraction of sp³-hybridized carbons (Fsp3) is 0.800. The summed E-state index contributed by atoms with van der Waals surface area (Å²) in [4.78, 5) is 0. The van der Waals surface area contributed by atoms with Crippen LogP contribution in [0, 0.1) is 23.7 Å². The topological polar surface area (TPSA) is 42.0 Å². The van der Waals surface area contributed by atoms with Gasteiger partial charge in [0.15, 0.2) is 6.29 Å². The molecule has 23 heavy (non-hydrogen) atoms. The van der Waals surface area contributed by atoms with Crippen molar-refractivity contribution >= 4 is 0 Å². The zero-order chi connectivity index (χ0) is 16.2. The van der Waals surface area contributed by atoms with Gasteiger partial charge in [-0.1, -0.05) is 17.7 Å². The highest BCUT2D eigenvalue weighted by Crippen LogP contribution is 2.53. The van der Waals surface area contributed by atoms with Crippen LogP contribution in [0.2, 0.25) is 0 Å². The van der Waals surface area contributed by atoms with Crippen molar-refractivity contribution in [2.24, 2.45) is 23.7 Å². The van der Waals surface area contributed by atoms with Crippen LogP contribution in [-0.2, 0) is 9.47 Å². The van der Waals surface area contributed by atoms with Crippen LogP contribution in [0.4, 0.5) is 0 Å². The molecule has 0 amide bonds. The summed E-state index contributed by atoms with van der Waals surface area (Å²) in [6, 6.07) is 0. The van der Waals surface area contributed by atoms with E-state index in [4.69, 9.17) is 9.47 Å². The predicted octanol–water partition coefficient (Wildman–Crippen LogP) is 3.83. The molecule has 6 atom stereocenters. The minimum Gasteiger partial charge on any atom is -0.367 e. The van der Waals surface area contributed by atoms with Crippen molar-refractivity contribution in [2.75, 3.05) is 6.61 Å². The van der Waals surface area contributed by atoms with E-state index in [1.807, 2.05) is 0 Å². The standard InChI is InChI=1S/C20H30O3/c1-12(7-10-16-20(2,3)23-16)15-9-8-13-5-4-6-14-11-22-19(21)18(14)17(13)15/h6-7,13,15-19,21H,4-5,8-11H2,1-3H3/b12-7-/t13-,15-,16?,17+,18-,19-/m0/s1. The molecule has 0 aromatic heterocycles. The Hall–Kier alpha value is -0.640. The van der Waals surface area contributed by atoms with Gasteiger partial charge in [0.05, 0.1) is 18.3 Å². The van der Waals surface area contributed by atoms with Gasteiger partial charge in [-0.15, -0.1) is 0 Å². The molecule has 1 saturated carbocycles. The highest BCUT2D eigenvalue weighted by atomic mass is 16.6. The third kappa shape index (κ3) is 2.81. The summed E-state index contributed by atoms with van der Waals surface area (Å²) in [5.41, 5.74) is 2.93. The minimum absolute atomic E-state index is 0.0721. The fourth-order valence-electron chi connectivity index (χ4n) is 5.31. The third-order valence-corrected chi connectivity index (χ3v) is 6.78. The molecular formula is C20H30O3. The second-order valence-electron chi connectivity index (χ2n) is 8.50. The summed E-state index contributed by atoms with van der Waals surface area (Å²) < 4.78 is 11.3. The van der Waals surface area contributed by atoms with Crippen LogP contribution in [0.3, 0.4) is 0 Å². The molecule has 2 aliphatic carbocycles. The molecule has 3 nitrogen and oxygen atoms in total. The lowest BCUT2D eigenvalue weighted by Gasteiger charge is -2.31. The van der Waals surface area contributed by atoms with Gasteiger partial charge in [-0.05, 0) is 76.2 Å². The van der Waals surface area contributed by atoms with E-state index in [0.717, 1.165) is 18.8 Å². The minimum atomic E-state index is -0.592. The second kappa shape index (κ2) is 5.72. The van der Waals surface area contributed by atoms with Crippen molar-refractivity contribution in [2.45, 2.75) is 70.9 Å². The Morgan fingerprint density at radius 1 is 1.35 bits per heavy atom. The zero-order valence-corrected chi connectivity index (χ0v) is 14.6. The van der Waals surface area contributed by atoms with E-state index in [2.05, 4.69) is 32.9 Å². The van der Waals surface area contributed by atoms with Crippen LogP contribution in [0.25, 0.3) is 0 Å². The smallest absolute Gasteiger partial charge is 0.161 e. The maximum Gasteiger partial charge on any atom is 0.161 e. The number of aliphatic hydroxyl groups excluding tert-OH is 1. The highest BCUT2D eigenvalue weighted by molar-refractivity contribution is 5.21. The lowest BCUT2D eigenvalue weighted by atomic mass is 9.74. The molecule has 0 spiro atoms. The maximum atomic E-state index is 10.4. The lowest BCUT2D eigenvalue weighted by Crippen LogP contribution is -2.31. The van der Waals surface area contributed by atoms with Crippen molar-refractivity contribution in [3.8, 4) is 0 Å². The summed E-state index contributed by atoms with van der Waals surface area (Å²) in [5, 5.41) is 10.4. The van der Waals surface area contributed by atoms with E-state index in [1.165, 1.54) is 30.4 Å². The number of ether oxygens (including phenoxy) is 2. The number of hydrogen-bond acceptors (Lipinski definition) is 3. The highest BCUT2D eigenvalue weighted by Gasteiger charge is 2.49. The molecular weight excluding hydrogens is 288 g/mol. The molecule has 0 bridgehead atoms. The Morgan fingerprint density at radius 2 is 2.13 bits per heavy atom. The van der Waals surface area contributed by atoms with Crippen LogP contribution in [-0.4, -0.2) is 29.7 Å². The number of rotatable bonds is 3. The maximum absolute atomic E-state index is 10.4. The first kappa shape index (κ1) is 15.9. The van der Waals surface area contributed by atoms with Gasteiger partial charge in [-0.2, -0.15) is 0 Å². The number of hydrogen-bond donors (Lipinski definition) is 1. The predicted molar refractivity (Wildman–Crippen MR) is 89.8 cm³/mol. The molecule has 1 N–H and O–H groups in total. The van der Waals surface area contributed by atoms with E-state index in [-0.39, 0.29) is 11.5 Å². The SMILES string of the molecule is C/C(=C/CC1OC1(C)C)[C@@H]1CC[C@@H]2CCC=C3CO[C@H](O)[C@@H]3[C@H]21. The lowest BCUT2D eigenvalue weighted by molar-refractivity contribution is -0.0981. The van der Waals surface area contributed by atoms with Crippen molar-refractivity contribution in [1.82, 2.24) is 0 Å². The van der Waals surface area contributed by atoms with Crippen LogP contribution in [0.5, 0.6) is 0 Å². The molecule has 1 unspecified atom stereocenters. The molecule has 4 rings (SSSR count). The molecule has 2 aliphatic heterocycles. The van der Waals surface area contributed by atoms with Gasteiger partial charge < -0.3 is 14.6 Å². The molecule has 0 aromatic rings. The molecule has 0 radical (unpaired) electrons. The average Bonchev–Trinajstić information content (AvgIpc) is 2.79. The molecule has 2 heterocycles. The van der Waals surface area contributed by atoms with Crippen molar-refractivity contribution in [3.05, 3.63) is 23.3 Å². The summed E-state index contributed by atoms with van der Waals surface area (Å²) in [7, 11) is 0. The average molecular weight is 318 g/mol. The van der Waals surface area contributed by atoms with Gasteiger partial charge in [0.25, 0.3) is 0 Å². The molecule has 0 aromatic carbocycles. The van der Waals surface area contributed by atoms with Gasteiger partial charge in [0.1, 0.15) is 0 Å². The van der Waals surface area contributed by atoms with Gasteiger partial charge in [-0.3, -0.25) is 0 Å². The van der Waals surface area contributed by atoms with Crippen LogP contribution < -0.4 is 0 Å². The molecule has 3 fully saturated rings. The van der Waals surface area contributed by atoms with E-state index in [9.17, 15) is 5.11 Å². The Labute approximate surface area is 139 Å². The molecule has 4 aliphatic rings.